The summed E-state index contributed by atoms with van der Waals surface area (Å²) in [4.78, 5) is 38.7. The molecule has 1 aliphatic rings. The van der Waals surface area contributed by atoms with Crippen molar-refractivity contribution < 1.29 is 14.4 Å². The first-order valence-electron chi connectivity index (χ1n) is 7.51. The fourth-order valence-electron chi connectivity index (χ4n) is 2.55. The van der Waals surface area contributed by atoms with Crippen LogP contribution >= 0.6 is 27.3 Å². The first kappa shape index (κ1) is 16.9. The Balaban J connectivity index is 1.50. The Morgan fingerprint density at radius 2 is 1.96 bits per heavy atom. The van der Waals surface area contributed by atoms with E-state index in [0.717, 1.165) is 9.35 Å². The molecular formula is C17H15BrN2O3S. The molecule has 0 atom stereocenters. The molecular weight excluding hydrogens is 392 g/mol. The van der Waals surface area contributed by atoms with Crippen LogP contribution in [-0.2, 0) is 11.3 Å². The van der Waals surface area contributed by atoms with Crippen molar-refractivity contribution in [1.29, 1.82) is 0 Å². The predicted molar refractivity (Wildman–Crippen MR) is 94.9 cm³/mol. The van der Waals surface area contributed by atoms with E-state index in [1.807, 2.05) is 17.5 Å². The molecule has 1 N–H and O–H groups in total. The van der Waals surface area contributed by atoms with Gasteiger partial charge in [0.1, 0.15) is 0 Å². The van der Waals surface area contributed by atoms with Crippen LogP contribution in [0.15, 0.2) is 40.2 Å². The van der Waals surface area contributed by atoms with Gasteiger partial charge in [-0.25, -0.2) is 0 Å². The number of imide groups is 1. The molecule has 0 bridgehead atoms. The van der Waals surface area contributed by atoms with Crippen molar-refractivity contribution >= 4 is 45.0 Å². The fraction of sp³-hybridized carbons (Fsp3) is 0.235. The van der Waals surface area contributed by atoms with Crippen LogP contribution in [0.5, 0.6) is 0 Å². The fourth-order valence-corrected chi connectivity index (χ4v) is 3.56. The minimum Gasteiger partial charge on any atom is -0.351 e. The number of rotatable bonds is 6. The number of nitrogens with one attached hydrogen (secondary N) is 1. The molecule has 5 nitrogen and oxygen atoms in total. The molecule has 2 aromatic rings. The van der Waals surface area contributed by atoms with Crippen molar-refractivity contribution in [3.8, 4) is 0 Å². The molecule has 1 aromatic carbocycles. The average Bonchev–Trinajstić information content (AvgIpc) is 3.16. The number of amides is 3. The highest BCUT2D eigenvalue weighted by Gasteiger charge is 2.35. The number of carbonyl (C=O) groups is 3. The van der Waals surface area contributed by atoms with E-state index >= 15 is 0 Å². The molecule has 0 aliphatic carbocycles. The van der Waals surface area contributed by atoms with Gasteiger partial charge in [0, 0.05) is 22.3 Å². The van der Waals surface area contributed by atoms with E-state index in [2.05, 4.69) is 21.2 Å². The van der Waals surface area contributed by atoms with Crippen LogP contribution in [-0.4, -0.2) is 29.2 Å². The first-order valence-corrected chi connectivity index (χ1v) is 9.18. The lowest BCUT2D eigenvalue weighted by Crippen LogP contribution is -2.32. The van der Waals surface area contributed by atoms with Gasteiger partial charge >= 0.3 is 0 Å². The zero-order valence-electron chi connectivity index (χ0n) is 12.8. The molecule has 0 unspecified atom stereocenters. The van der Waals surface area contributed by atoms with Gasteiger partial charge in [-0.1, -0.05) is 22.0 Å². The number of hydrogen-bond acceptors (Lipinski definition) is 4. The Morgan fingerprint density at radius 1 is 1.17 bits per heavy atom. The Labute approximate surface area is 151 Å². The van der Waals surface area contributed by atoms with E-state index < -0.39 is 0 Å². The zero-order valence-corrected chi connectivity index (χ0v) is 15.2. The van der Waals surface area contributed by atoms with Crippen molar-refractivity contribution in [2.24, 2.45) is 0 Å². The van der Waals surface area contributed by atoms with E-state index in [0.29, 0.717) is 24.1 Å². The Morgan fingerprint density at radius 3 is 2.71 bits per heavy atom. The van der Waals surface area contributed by atoms with Gasteiger partial charge in [-0.15, -0.1) is 11.3 Å². The van der Waals surface area contributed by atoms with Crippen molar-refractivity contribution in [3.05, 3.63) is 56.2 Å². The molecule has 3 amide bonds. The lowest BCUT2D eigenvalue weighted by molar-refractivity contribution is -0.121. The number of fused-ring (bicyclic) bond motifs is 1. The average molecular weight is 407 g/mol. The largest absolute Gasteiger partial charge is 0.351 e. The van der Waals surface area contributed by atoms with Gasteiger partial charge in [0.15, 0.2) is 0 Å². The molecule has 2 heterocycles. The van der Waals surface area contributed by atoms with Crippen LogP contribution in [0, 0.1) is 0 Å². The number of nitrogens with zero attached hydrogens (tertiary/aromatic N) is 1. The third kappa shape index (κ3) is 3.57. The molecule has 0 saturated heterocycles. The van der Waals surface area contributed by atoms with Crippen LogP contribution in [0.25, 0.3) is 0 Å². The summed E-state index contributed by atoms with van der Waals surface area (Å²) in [5.41, 5.74) is 0.835. The van der Waals surface area contributed by atoms with Crippen LogP contribution in [0.4, 0.5) is 0 Å². The molecule has 7 heteroatoms. The molecule has 0 spiro atoms. The molecule has 0 saturated carbocycles. The summed E-state index contributed by atoms with van der Waals surface area (Å²) < 4.78 is 0.761. The monoisotopic (exact) mass is 406 g/mol. The van der Waals surface area contributed by atoms with E-state index in [4.69, 9.17) is 0 Å². The van der Waals surface area contributed by atoms with Gasteiger partial charge in [0.2, 0.25) is 5.91 Å². The maximum Gasteiger partial charge on any atom is 0.261 e. The highest BCUT2D eigenvalue weighted by Crippen LogP contribution is 2.26. The highest BCUT2D eigenvalue weighted by atomic mass is 79.9. The van der Waals surface area contributed by atoms with Gasteiger partial charge in [-0.3, -0.25) is 19.3 Å². The Bertz CT molecular complexity index is 789. The number of hydrogen-bond donors (Lipinski definition) is 1. The summed E-state index contributed by atoms with van der Waals surface area (Å²) in [5.74, 6) is -0.667. The summed E-state index contributed by atoms with van der Waals surface area (Å²) in [7, 11) is 0. The maximum atomic E-state index is 12.3. The van der Waals surface area contributed by atoms with E-state index in [1.165, 1.54) is 4.90 Å². The van der Waals surface area contributed by atoms with Crippen LogP contribution in [0.3, 0.4) is 0 Å². The third-order valence-electron chi connectivity index (χ3n) is 3.76. The molecule has 0 radical (unpaired) electrons. The van der Waals surface area contributed by atoms with Crippen LogP contribution in [0.1, 0.15) is 38.4 Å². The number of thiophene rings is 1. The second-order valence-electron chi connectivity index (χ2n) is 5.41. The Hall–Kier alpha value is -1.99. The summed E-state index contributed by atoms with van der Waals surface area (Å²) in [6.45, 7) is 0.758. The van der Waals surface area contributed by atoms with Crippen molar-refractivity contribution in [2.75, 3.05) is 6.54 Å². The second kappa shape index (κ2) is 7.27. The Kier molecular flexibility index (Phi) is 5.11. The van der Waals surface area contributed by atoms with E-state index in [9.17, 15) is 14.4 Å². The van der Waals surface area contributed by atoms with E-state index in [-0.39, 0.29) is 30.7 Å². The van der Waals surface area contributed by atoms with Crippen molar-refractivity contribution in [1.82, 2.24) is 10.2 Å². The molecule has 0 fully saturated rings. The van der Waals surface area contributed by atoms with Crippen LogP contribution < -0.4 is 5.32 Å². The van der Waals surface area contributed by atoms with Crippen molar-refractivity contribution in [3.63, 3.8) is 0 Å². The minimum atomic E-state index is -0.296. The molecule has 1 aromatic heterocycles. The lowest BCUT2D eigenvalue weighted by Gasteiger charge is -2.13. The molecule has 1 aliphatic heterocycles. The zero-order chi connectivity index (χ0) is 17.1. The normalized spacial score (nSPS) is 13.3. The van der Waals surface area contributed by atoms with Gasteiger partial charge in [-0.05, 0) is 36.1 Å². The number of halogens is 1. The van der Waals surface area contributed by atoms with Gasteiger partial charge in [-0.2, -0.15) is 0 Å². The SMILES string of the molecule is O=C(CCCN1C(=O)c2ccc(Br)cc2C1=O)NCc1cccs1. The number of carbonyl (C=O) groups excluding carboxylic acids is 3. The van der Waals surface area contributed by atoms with E-state index in [1.54, 1.807) is 29.5 Å². The molecule has 3 rings (SSSR count). The maximum absolute atomic E-state index is 12.3. The lowest BCUT2D eigenvalue weighted by atomic mass is 10.1. The summed E-state index contributed by atoms with van der Waals surface area (Å²) in [5, 5.41) is 4.79. The first-order chi connectivity index (χ1) is 11.6. The summed E-state index contributed by atoms with van der Waals surface area (Å²) >= 11 is 4.89. The number of benzene rings is 1. The smallest absolute Gasteiger partial charge is 0.261 e. The topological polar surface area (TPSA) is 66.5 Å². The quantitative estimate of drug-likeness (QED) is 0.748. The van der Waals surface area contributed by atoms with Gasteiger partial charge in [0.05, 0.1) is 17.7 Å². The minimum absolute atomic E-state index is 0.0808. The standard InChI is InChI=1S/C17H15BrN2O3S/c18-11-5-6-13-14(9-11)17(23)20(16(13)22)7-1-4-15(21)19-10-12-3-2-8-24-12/h2-3,5-6,8-9H,1,4,7,10H2,(H,19,21). The summed E-state index contributed by atoms with van der Waals surface area (Å²) in [6, 6.07) is 8.94. The second-order valence-corrected chi connectivity index (χ2v) is 7.36. The molecule has 124 valence electrons. The van der Waals surface area contributed by atoms with Crippen molar-refractivity contribution in [2.45, 2.75) is 19.4 Å². The molecule has 24 heavy (non-hydrogen) atoms. The predicted octanol–water partition coefficient (Wildman–Crippen LogP) is 3.20. The third-order valence-corrected chi connectivity index (χ3v) is 5.13. The van der Waals surface area contributed by atoms with Gasteiger partial charge < -0.3 is 5.32 Å². The van der Waals surface area contributed by atoms with Crippen LogP contribution in [0.2, 0.25) is 0 Å². The summed E-state index contributed by atoms with van der Waals surface area (Å²) in [6.07, 6.45) is 0.728. The van der Waals surface area contributed by atoms with Gasteiger partial charge in [0.25, 0.3) is 11.8 Å². The highest BCUT2D eigenvalue weighted by molar-refractivity contribution is 9.10.